The second-order valence-electron chi connectivity index (χ2n) is 6.86. The molecule has 0 saturated heterocycles. The van der Waals surface area contributed by atoms with Crippen molar-refractivity contribution in [3.8, 4) is 5.88 Å². The summed E-state index contributed by atoms with van der Waals surface area (Å²) in [6.07, 6.45) is 1.16. The van der Waals surface area contributed by atoms with E-state index in [4.69, 9.17) is 9.47 Å². The summed E-state index contributed by atoms with van der Waals surface area (Å²) in [5.74, 6) is 0.455. The lowest BCUT2D eigenvalue weighted by Gasteiger charge is -2.24. The van der Waals surface area contributed by atoms with Gasteiger partial charge >= 0.3 is 6.09 Å². The van der Waals surface area contributed by atoms with Gasteiger partial charge in [-0.2, -0.15) is 0 Å². The quantitative estimate of drug-likeness (QED) is 0.602. The number of aromatic nitrogens is 1. The Morgan fingerprint density at radius 3 is 2.46 bits per heavy atom. The average molecular weight is 486 g/mol. The van der Waals surface area contributed by atoms with E-state index in [0.717, 1.165) is 20.1 Å². The highest BCUT2D eigenvalue weighted by Crippen LogP contribution is 2.26. The van der Waals surface area contributed by atoms with E-state index in [0.29, 0.717) is 5.88 Å². The first kappa shape index (κ1) is 20.7. The zero-order valence-electron chi connectivity index (χ0n) is 15.2. The monoisotopic (exact) mass is 484 g/mol. The first-order chi connectivity index (χ1) is 12.1. The molecule has 2 rings (SSSR count). The van der Waals surface area contributed by atoms with Crippen molar-refractivity contribution in [3.05, 3.63) is 56.6 Å². The van der Waals surface area contributed by atoms with Gasteiger partial charge in [-0.3, -0.25) is 0 Å². The predicted octanol–water partition coefficient (Wildman–Crippen LogP) is 5.56. The van der Waals surface area contributed by atoms with Crippen molar-refractivity contribution in [1.82, 2.24) is 10.3 Å². The number of nitrogens with one attached hydrogen (secondary N) is 1. The fourth-order valence-electron chi connectivity index (χ4n) is 2.14. The Morgan fingerprint density at radius 2 is 1.88 bits per heavy atom. The van der Waals surface area contributed by atoms with Crippen LogP contribution < -0.4 is 10.1 Å². The number of hydrogen-bond donors (Lipinski definition) is 1. The van der Waals surface area contributed by atoms with Gasteiger partial charge in [0.2, 0.25) is 5.88 Å². The topological polar surface area (TPSA) is 60.5 Å². The number of ether oxygens (including phenoxy) is 2. The molecule has 0 spiro atoms. The maximum absolute atomic E-state index is 12.2. The van der Waals surface area contributed by atoms with Crippen LogP contribution in [-0.2, 0) is 4.74 Å². The maximum atomic E-state index is 12.2. The normalized spacial score (nSPS) is 12.4. The molecule has 140 valence electrons. The van der Waals surface area contributed by atoms with Gasteiger partial charge in [-0.15, -0.1) is 0 Å². The average Bonchev–Trinajstić information content (AvgIpc) is 2.52. The number of rotatable bonds is 5. The van der Waals surface area contributed by atoms with E-state index in [1.165, 1.54) is 0 Å². The lowest BCUT2D eigenvalue weighted by atomic mass is 10.1. The third kappa shape index (κ3) is 6.61. The molecule has 0 fully saturated rings. The summed E-state index contributed by atoms with van der Waals surface area (Å²) in [7, 11) is 0. The molecule has 1 N–H and O–H groups in total. The van der Waals surface area contributed by atoms with E-state index in [1.807, 2.05) is 58.0 Å². The first-order valence-electron chi connectivity index (χ1n) is 8.14. The molecule has 1 unspecified atom stereocenters. The third-order valence-corrected chi connectivity index (χ3v) is 4.33. The number of aryl methyl sites for hydroxylation is 1. The fourth-order valence-corrected chi connectivity index (χ4v) is 3.24. The van der Waals surface area contributed by atoms with Gasteiger partial charge in [0.15, 0.2) is 0 Å². The molecule has 1 heterocycles. The molecule has 1 atom stereocenters. The van der Waals surface area contributed by atoms with Crippen molar-refractivity contribution in [2.24, 2.45) is 0 Å². The van der Waals surface area contributed by atoms with Crippen LogP contribution in [0.2, 0.25) is 0 Å². The van der Waals surface area contributed by atoms with Crippen molar-refractivity contribution in [2.45, 2.75) is 39.3 Å². The minimum Gasteiger partial charge on any atom is -0.474 e. The van der Waals surface area contributed by atoms with E-state index in [2.05, 4.69) is 42.2 Å². The van der Waals surface area contributed by atoms with Crippen molar-refractivity contribution < 1.29 is 14.3 Å². The summed E-state index contributed by atoms with van der Waals surface area (Å²) in [6, 6.07) is 9.39. The molecule has 1 amide bonds. The number of carbonyl (C=O) groups excluding carboxylic acids is 1. The largest absolute Gasteiger partial charge is 0.474 e. The summed E-state index contributed by atoms with van der Waals surface area (Å²) in [4.78, 5) is 16.4. The molecule has 26 heavy (non-hydrogen) atoms. The van der Waals surface area contributed by atoms with Crippen LogP contribution in [0.25, 0.3) is 0 Å². The number of nitrogens with zero attached hydrogens (tertiary/aromatic N) is 1. The summed E-state index contributed by atoms with van der Waals surface area (Å²) in [5, 5.41) is 2.87. The number of halogens is 2. The molecule has 0 saturated carbocycles. The minimum atomic E-state index is -0.570. The molecule has 2 aromatic rings. The Kier molecular flexibility index (Phi) is 7.06. The molecule has 1 aromatic carbocycles. The Bertz CT molecular complexity index is 758. The molecule has 0 aliphatic rings. The Balaban J connectivity index is 2.14. The van der Waals surface area contributed by atoms with E-state index >= 15 is 0 Å². The lowest BCUT2D eigenvalue weighted by Crippen LogP contribution is -2.37. The smallest absolute Gasteiger partial charge is 0.408 e. The van der Waals surface area contributed by atoms with Crippen LogP contribution in [0.15, 0.2) is 45.5 Å². The Labute approximate surface area is 170 Å². The van der Waals surface area contributed by atoms with Gasteiger partial charge in [0.05, 0.1) is 10.5 Å². The number of amides is 1. The third-order valence-electron chi connectivity index (χ3n) is 3.33. The fraction of sp³-hybridized carbons (Fsp3) is 0.368. The Morgan fingerprint density at radius 1 is 1.23 bits per heavy atom. The van der Waals surface area contributed by atoms with Crippen LogP contribution >= 0.6 is 31.9 Å². The molecule has 1 aromatic heterocycles. The van der Waals surface area contributed by atoms with Crippen LogP contribution in [0.5, 0.6) is 5.88 Å². The SMILES string of the molecule is Cc1ccc(C(COc2ncc(Br)cc2Br)NC(=O)OC(C)(C)C)cc1. The molecule has 0 aliphatic carbocycles. The van der Waals surface area contributed by atoms with Gasteiger partial charge in [-0.05, 0) is 71.2 Å². The highest BCUT2D eigenvalue weighted by molar-refractivity contribution is 9.11. The second-order valence-corrected chi connectivity index (χ2v) is 8.63. The maximum Gasteiger partial charge on any atom is 0.408 e. The molecule has 0 radical (unpaired) electrons. The minimum absolute atomic E-state index is 0.218. The summed E-state index contributed by atoms with van der Waals surface area (Å²) < 4.78 is 12.8. The lowest BCUT2D eigenvalue weighted by molar-refractivity contribution is 0.0486. The van der Waals surface area contributed by atoms with Gasteiger partial charge in [0, 0.05) is 10.7 Å². The standard InChI is InChI=1S/C19H22Br2N2O3/c1-12-5-7-13(8-6-12)16(23-18(24)26-19(2,3)4)11-25-17-15(21)9-14(20)10-22-17/h5-10,16H,11H2,1-4H3,(H,23,24). The zero-order valence-corrected chi connectivity index (χ0v) is 18.3. The zero-order chi connectivity index (χ0) is 19.3. The van der Waals surface area contributed by atoms with Crippen molar-refractivity contribution in [1.29, 1.82) is 0 Å². The van der Waals surface area contributed by atoms with E-state index in [-0.39, 0.29) is 12.6 Å². The summed E-state index contributed by atoms with van der Waals surface area (Å²) in [5.41, 5.74) is 1.50. The van der Waals surface area contributed by atoms with Crippen molar-refractivity contribution >= 4 is 38.0 Å². The number of pyridine rings is 1. The Hall–Kier alpha value is -1.60. The van der Waals surface area contributed by atoms with Crippen LogP contribution in [0.4, 0.5) is 4.79 Å². The van der Waals surface area contributed by atoms with Gasteiger partial charge in [0.1, 0.15) is 12.2 Å². The van der Waals surface area contributed by atoms with Crippen LogP contribution in [0, 0.1) is 6.92 Å². The molecule has 5 nitrogen and oxygen atoms in total. The van der Waals surface area contributed by atoms with Gasteiger partial charge in [-0.1, -0.05) is 29.8 Å². The molecular formula is C19H22Br2N2O3. The van der Waals surface area contributed by atoms with Gasteiger partial charge in [0.25, 0.3) is 0 Å². The van der Waals surface area contributed by atoms with Crippen molar-refractivity contribution in [2.75, 3.05) is 6.61 Å². The van der Waals surface area contributed by atoms with Crippen LogP contribution in [0.3, 0.4) is 0 Å². The summed E-state index contributed by atoms with van der Waals surface area (Å²) in [6.45, 7) is 7.71. The first-order valence-corrected chi connectivity index (χ1v) is 9.72. The number of hydrogen-bond acceptors (Lipinski definition) is 4. The number of benzene rings is 1. The molecule has 7 heteroatoms. The molecule has 0 aliphatic heterocycles. The van der Waals surface area contributed by atoms with Crippen LogP contribution in [0.1, 0.15) is 37.9 Å². The van der Waals surface area contributed by atoms with Crippen LogP contribution in [-0.4, -0.2) is 23.3 Å². The predicted molar refractivity (Wildman–Crippen MR) is 108 cm³/mol. The van der Waals surface area contributed by atoms with E-state index in [9.17, 15) is 4.79 Å². The molecular weight excluding hydrogens is 464 g/mol. The van der Waals surface area contributed by atoms with E-state index in [1.54, 1.807) is 6.20 Å². The summed E-state index contributed by atoms with van der Waals surface area (Å²) >= 11 is 6.78. The highest BCUT2D eigenvalue weighted by atomic mass is 79.9. The van der Waals surface area contributed by atoms with Gasteiger partial charge < -0.3 is 14.8 Å². The van der Waals surface area contributed by atoms with Gasteiger partial charge in [-0.25, -0.2) is 9.78 Å². The van der Waals surface area contributed by atoms with Crippen molar-refractivity contribution in [3.63, 3.8) is 0 Å². The number of alkyl carbamates (subject to hydrolysis) is 1. The molecule has 0 bridgehead atoms. The second kappa shape index (κ2) is 8.86. The van der Waals surface area contributed by atoms with E-state index < -0.39 is 11.7 Å². The number of carbonyl (C=O) groups is 1. The highest BCUT2D eigenvalue weighted by Gasteiger charge is 2.21.